The van der Waals surface area contributed by atoms with Crippen molar-refractivity contribution >= 4 is 11.9 Å². The van der Waals surface area contributed by atoms with Crippen LogP contribution in [0.3, 0.4) is 0 Å². The van der Waals surface area contributed by atoms with Crippen LogP contribution in [0, 0.1) is 0 Å². The van der Waals surface area contributed by atoms with Gasteiger partial charge in [0.05, 0.1) is 0 Å². The highest BCUT2D eigenvalue weighted by Gasteiger charge is 2.35. The highest BCUT2D eigenvalue weighted by molar-refractivity contribution is 6.28. The summed E-state index contributed by atoms with van der Waals surface area (Å²) < 4.78 is 6.60. The normalized spacial score (nSPS) is 30.5. The van der Waals surface area contributed by atoms with Crippen LogP contribution >= 0.6 is 0 Å². The van der Waals surface area contributed by atoms with Crippen molar-refractivity contribution in [3.63, 3.8) is 0 Å². The Balaban J connectivity index is 2.89. The van der Waals surface area contributed by atoms with E-state index in [1.165, 1.54) is 0 Å². The number of likely N-dealkylation sites (N-methyl/N-ethyl adjacent to an activating group) is 1. The molecule has 0 radical (unpaired) electrons. The van der Waals surface area contributed by atoms with Crippen molar-refractivity contribution in [3.8, 4) is 0 Å². The number of hydrogen-bond acceptors (Lipinski definition) is 3. The van der Waals surface area contributed by atoms with Crippen LogP contribution < -0.4 is 5.11 Å². The van der Waals surface area contributed by atoms with Crippen molar-refractivity contribution in [2.45, 2.75) is 26.0 Å². The van der Waals surface area contributed by atoms with Crippen LogP contribution in [-0.4, -0.2) is 35.6 Å². The third-order valence-electron chi connectivity index (χ3n) is 2.08. The Labute approximate surface area is 65.1 Å². The average Bonchev–Trinajstić information content (AvgIpc) is 2.17. The minimum absolute atomic E-state index is 0.0648. The first-order valence-corrected chi connectivity index (χ1v) is 3.52. The van der Waals surface area contributed by atoms with E-state index in [2.05, 4.69) is 0 Å². The molecule has 0 aromatic carbocycles. The van der Waals surface area contributed by atoms with Crippen molar-refractivity contribution in [1.29, 1.82) is 0 Å². The van der Waals surface area contributed by atoms with Crippen molar-refractivity contribution in [1.82, 2.24) is 0 Å². The molecule has 0 N–H and O–H groups in total. The van der Waals surface area contributed by atoms with Gasteiger partial charge in [-0.1, -0.05) is 0 Å². The number of carboxylic acids is 1. The summed E-state index contributed by atoms with van der Waals surface area (Å²) in [5.41, 5.74) is 0. The van der Waals surface area contributed by atoms with E-state index in [1.807, 2.05) is 13.8 Å². The first kappa shape index (κ1) is 8.04. The minimum Gasteiger partial charge on any atom is -0.537 e. The van der Waals surface area contributed by atoms with Gasteiger partial charge in [0.2, 0.25) is 0 Å². The van der Waals surface area contributed by atoms with E-state index in [0.717, 1.165) is 0 Å². The summed E-state index contributed by atoms with van der Waals surface area (Å²) in [6, 6.07) is 0.0999. The largest absolute Gasteiger partial charge is 0.537 e. The van der Waals surface area contributed by atoms with Crippen LogP contribution in [0.1, 0.15) is 13.8 Å². The van der Waals surface area contributed by atoms with Crippen LogP contribution in [0.4, 0.5) is 0 Å². The smallest absolute Gasteiger partial charge is 0.386 e. The maximum atomic E-state index is 10.4. The molecular weight excluding hydrogens is 146 g/mol. The van der Waals surface area contributed by atoms with Gasteiger partial charge in [-0.3, -0.25) is 0 Å². The van der Waals surface area contributed by atoms with Gasteiger partial charge in [0, 0.05) is 6.92 Å². The van der Waals surface area contributed by atoms with E-state index >= 15 is 0 Å². The quantitative estimate of drug-likeness (QED) is 0.439. The molecule has 0 amide bonds. The summed E-state index contributed by atoms with van der Waals surface area (Å²) in [7, 11) is 1.68. The lowest BCUT2D eigenvalue weighted by molar-refractivity contribution is -0.527. The second kappa shape index (κ2) is 2.53. The van der Waals surface area contributed by atoms with E-state index in [9.17, 15) is 9.90 Å². The fourth-order valence-electron chi connectivity index (χ4n) is 1.05. The van der Waals surface area contributed by atoms with Crippen molar-refractivity contribution < 1.29 is 19.2 Å². The molecule has 0 fully saturated rings. The molecule has 0 aromatic heterocycles. The molecule has 1 rings (SSSR count). The first-order chi connectivity index (χ1) is 5.04. The monoisotopic (exact) mass is 157 g/mol. The van der Waals surface area contributed by atoms with E-state index in [1.54, 1.807) is 11.6 Å². The lowest BCUT2D eigenvalue weighted by Crippen LogP contribution is -2.36. The molecule has 1 aliphatic rings. The first-order valence-electron chi connectivity index (χ1n) is 3.52. The van der Waals surface area contributed by atoms with Gasteiger partial charge in [-0.15, -0.1) is 0 Å². The average molecular weight is 157 g/mol. The molecule has 62 valence electrons. The van der Waals surface area contributed by atoms with Gasteiger partial charge < -0.3 is 14.6 Å². The van der Waals surface area contributed by atoms with Gasteiger partial charge in [0.1, 0.15) is 7.05 Å². The number of rotatable bonds is 1. The molecule has 0 saturated heterocycles. The molecule has 1 aliphatic heterocycles. The van der Waals surface area contributed by atoms with E-state index in [4.69, 9.17) is 4.74 Å². The Kier molecular flexibility index (Phi) is 1.85. The molecule has 0 saturated carbocycles. The summed E-state index contributed by atoms with van der Waals surface area (Å²) in [4.78, 5) is 10.4. The van der Waals surface area contributed by atoms with Crippen LogP contribution in [0.25, 0.3) is 0 Å². The molecule has 4 heteroatoms. The maximum absolute atomic E-state index is 10.4. The fourth-order valence-corrected chi connectivity index (χ4v) is 1.05. The number of carbonyl (C=O) groups excluding carboxylic acids is 1. The van der Waals surface area contributed by atoms with Gasteiger partial charge >= 0.3 is 5.90 Å². The van der Waals surface area contributed by atoms with Gasteiger partial charge in [0.15, 0.2) is 18.1 Å². The van der Waals surface area contributed by atoms with Crippen LogP contribution in [0.15, 0.2) is 0 Å². The van der Waals surface area contributed by atoms with Crippen LogP contribution in [-0.2, 0) is 9.53 Å². The predicted octanol–water partition coefficient (Wildman–Crippen LogP) is -1.42. The molecular formula is C7H11NO3. The molecule has 0 spiro atoms. The van der Waals surface area contributed by atoms with Gasteiger partial charge in [-0.05, 0) is 6.92 Å². The van der Waals surface area contributed by atoms with Gasteiger partial charge in [-0.25, -0.2) is 0 Å². The van der Waals surface area contributed by atoms with Gasteiger partial charge in [-0.2, -0.15) is 4.58 Å². The SMILES string of the molecule is CC1OC(C(=O)[O-])=[N+](C)C1C. The van der Waals surface area contributed by atoms with Crippen LogP contribution in [0.5, 0.6) is 0 Å². The number of carbonyl (C=O) groups is 1. The third kappa shape index (κ3) is 1.20. The summed E-state index contributed by atoms with van der Waals surface area (Å²) >= 11 is 0. The standard InChI is InChI=1S/C7H11NO3/c1-4-5(2)11-6(7(9)10)8(4)3/h4-5H,1-3H3. The van der Waals surface area contributed by atoms with Crippen molar-refractivity contribution in [2.24, 2.45) is 0 Å². The number of carboxylic acid groups (broad SMARTS) is 1. The Morgan fingerprint density at radius 2 is 2.18 bits per heavy atom. The minimum atomic E-state index is -1.25. The lowest BCUT2D eigenvalue weighted by Gasteiger charge is -2.02. The Bertz CT molecular complexity index is 222. The second-order valence-corrected chi connectivity index (χ2v) is 2.77. The highest BCUT2D eigenvalue weighted by Crippen LogP contribution is 2.10. The molecule has 0 bridgehead atoms. The second-order valence-electron chi connectivity index (χ2n) is 2.77. The van der Waals surface area contributed by atoms with Crippen molar-refractivity contribution in [2.75, 3.05) is 7.05 Å². The van der Waals surface area contributed by atoms with Gasteiger partial charge in [0.25, 0.3) is 0 Å². The Morgan fingerprint density at radius 1 is 1.64 bits per heavy atom. The highest BCUT2D eigenvalue weighted by atomic mass is 16.5. The zero-order chi connectivity index (χ0) is 8.59. The molecule has 0 aromatic rings. The molecule has 2 unspecified atom stereocenters. The third-order valence-corrected chi connectivity index (χ3v) is 2.08. The van der Waals surface area contributed by atoms with E-state index < -0.39 is 5.97 Å². The summed E-state index contributed by atoms with van der Waals surface area (Å²) in [5, 5.41) is 10.4. The summed E-state index contributed by atoms with van der Waals surface area (Å²) in [5.74, 6) is -1.31. The molecule has 11 heavy (non-hydrogen) atoms. The number of nitrogens with zero attached hydrogens (tertiary/aromatic N) is 1. The van der Waals surface area contributed by atoms with E-state index in [0.29, 0.717) is 0 Å². The molecule has 1 heterocycles. The van der Waals surface area contributed by atoms with E-state index in [-0.39, 0.29) is 18.0 Å². The molecule has 2 atom stereocenters. The van der Waals surface area contributed by atoms with Crippen LogP contribution in [0.2, 0.25) is 0 Å². The van der Waals surface area contributed by atoms with Crippen molar-refractivity contribution in [3.05, 3.63) is 0 Å². The predicted molar refractivity (Wildman–Crippen MR) is 36.2 cm³/mol. The molecule has 0 aliphatic carbocycles. The lowest BCUT2D eigenvalue weighted by atomic mass is 10.2. The number of aliphatic carboxylic acids is 1. The number of ether oxygens (including phenoxy) is 1. The Hall–Kier alpha value is -1.06. The topological polar surface area (TPSA) is 52.4 Å². The Morgan fingerprint density at radius 3 is 2.36 bits per heavy atom. The zero-order valence-electron chi connectivity index (χ0n) is 6.83. The maximum Gasteiger partial charge on any atom is 0.386 e. The summed E-state index contributed by atoms with van der Waals surface area (Å²) in [6.45, 7) is 3.73. The zero-order valence-corrected chi connectivity index (χ0v) is 6.83. The summed E-state index contributed by atoms with van der Waals surface area (Å²) in [6.07, 6.45) is -0.0760. The fraction of sp³-hybridized carbons (Fsp3) is 0.714. The number of hydrogen-bond donors (Lipinski definition) is 0. The molecule has 4 nitrogen and oxygen atoms in total.